The molecule has 7 heteroatoms. The number of hydrogen-bond donors (Lipinski definition) is 3. The highest BCUT2D eigenvalue weighted by Crippen LogP contribution is 2.11. The molecule has 0 amide bonds. The predicted molar refractivity (Wildman–Crippen MR) is 78.6 cm³/mol. The lowest BCUT2D eigenvalue weighted by Crippen LogP contribution is -2.14. The van der Waals surface area contributed by atoms with E-state index < -0.39 is 0 Å². The van der Waals surface area contributed by atoms with Crippen LogP contribution in [-0.4, -0.2) is 31.2 Å². The summed E-state index contributed by atoms with van der Waals surface area (Å²) < 4.78 is 1.42. The van der Waals surface area contributed by atoms with E-state index in [9.17, 15) is 9.90 Å². The van der Waals surface area contributed by atoms with Crippen molar-refractivity contribution in [1.82, 2.24) is 19.6 Å². The lowest BCUT2D eigenvalue weighted by Gasteiger charge is -2.07. The summed E-state index contributed by atoms with van der Waals surface area (Å²) in [7, 11) is 0. The van der Waals surface area contributed by atoms with E-state index in [0.29, 0.717) is 23.8 Å². The Hall–Kier alpha value is -2.83. The monoisotopic (exact) mass is 285 g/mol. The minimum atomic E-state index is -0.286. The maximum Gasteiger partial charge on any atom is 0.349 e. The van der Waals surface area contributed by atoms with Gasteiger partial charge in [-0.05, 0) is 31.0 Å². The summed E-state index contributed by atoms with van der Waals surface area (Å²) in [6, 6.07) is 8.82. The maximum absolute atomic E-state index is 11.5. The Kier molecular flexibility index (Phi) is 3.31. The molecular formula is C14H15N5O2. The fourth-order valence-electron chi connectivity index (χ4n) is 2.19. The van der Waals surface area contributed by atoms with Gasteiger partial charge in [-0.3, -0.25) is 0 Å². The molecule has 3 rings (SSSR count). The normalized spacial score (nSPS) is 10.9. The van der Waals surface area contributed by atoms with E-state index in [-0.39, 0.29) is 11.4 Å². The van der Waals surface area contributed by atoms with Crippen molar-refractivity contribution < 1.29 is 5.11 Å². The number of nitrogens with zero attached hydrogens (tertiary/aromatic N) is 3. The summed E-state index contributed by atoms with van der Waals surface area (Å²) in [6.45, 7) is 2.46. The van der Waals surface area contributed by atoms with E-state index in [1.54, 1.807) is 25.1 Å². The zero-order valence-electron chi connectivity index (χ0n) is 11.5. The molecule has 3 N–H and O–H groups in total. The minimum absolute atomic E-state index is 0.262. The van der Waals surface area contributed by atoms with Crippen molar-refractivity contribution in [2.45, 2.75) is 13.3 Å². The molecule has 0 spiro atoms. The lowest BCUT2D eigenvalue weighted by atomic mass is 10.1. The first-order chi connectivity index (χ1) is 10.1. The van der Waals surface area contributed by atoms with Crippen molar-refractivity contribution in [2.75, 3.05) is 11.9 Å². The maximum atomic E-state index is 11.5. The molecule has 0 saturated carbocycles. The molecule has 21 heavy (non-hydrogen) atoms. The second-order valence-electron chi connectivity index (χ2n) is 4.75. The van der Waals surface area contributed by atoms with Gasteiger partial charge in [0.25, 0.3) is 0 Å². The third kappa shape index (κ3) is 2.71. The van der Waals surface area contributed by atoms with Crippen LogP contribution in [0.4, 0.5) is 5.82 Å². The molecule has 2 aromatic heterocycles. The van der Waals surface area contributed by atoms with Crippen molar-refractivity contribution >= 4 is 11.5 Å². The van der Waals surface area contributed by atoms with Crippen molar-refractivity contribution in [3.63, 3.8) is 0 Å². The second-order valence-corrected chi connectivity index (χ2v) is 4.75. The van der Waals surface area contributed by atoms with Crippen LogP contribution in [-0.2, 0) is 6.42 Å². The van der Waals surface area contributed by atoms with Gasteiger partial charge >= 0.3 is 5.69 Å². The molecule has 0 aliphatic carbocycles. The van der Waals surface area contributed by atoms with E-state index in [2.05, 4.69) is 20.5 Å². The second kappa shape index (κ2) is 5.28. The topological polar surface area (TPSA) is 95.3 Å². The van der Waals surface area contributed by atoms with Crippen LogP contribution in [0.25, 0.3) is 5.65 Å². The number of fused-ring (bicyclic) bond motifs is 1. The van der Waals surface area contributed by atoms with Crippen LogP contribution < -0.4 is 11.0 Å². The number of hydrogen-bond acceptors (Lipinski definition) is 5. The Balaban J connectivity index is 1.70. The number of phenolic OH excluding ortho intramolecular Hbond substituents is 1. The Morgan fingerprint density at radius 2 is 2.10 bits per heavy atom. The molecule has 0 aliphatic rings. The number of phenols is 1. The van der Waals surface area contributed by atoms with Crippen LogP contribution in [0.1, 0.15) is 11.4 Å². The van der Waals surface area contributed by atoms with Crippen LogP contribution in [0.3, 0.4) is 0 Å². The van der Waals surface area contributed by atoms with E-state index in [1.165, 1.54) is 4.40 Å². The van der Waals surface area contributed by atoms with Gasteiger partial charge in [-0.2, -0.15) is 5.10 Å². The summed E-state index contributed by atoms with van der Waals surface area (Å²) in [4.78, 5) is 15.8. The number of aromatic nitrogens is 4. The van der Waals surface area contributed by atoms with Gasteiger partial charge in [-0.25, -0.2) is 19.3 Å². The van der Waals surface area contributed by atoms with Gasteiger partial charge in [-0.15, -0.1) is 0 Å². The summed E-state index contributed by atoms with van der Waals surface area (Å²) in [5.74, 6) is 1.52. The number of aromatic amines is 1. The van der Waals surface area contributed by atoms with Crippen molar-refractivity contribution in [1.29, 1.82) is 0 Å². The van der Waals surface area contributed by atoms with Gasteiger partial charge < -0.3 is 10.4 Å². The van der Waals surface area contributed by atoms with Crippen molar-refractivity contribution in [2.24, 2.45) is 0 Å². The predicted octanol–water partition coefficient (Wildman–Crippen LogP) is 1.09. The largest absolute Gasteiger partial charge is 0.508 e. The highest BCUT2D eigenvalue weighted by atomic mass is 16.3. The molecule has 0 saturated heterocycles. The van der Waals surface area contributed by atoms with Gasteiger partial charge in [0.1, 0.15) is 17.4 Å². The average molecular weight is 285 g/mol. The number of benzene rings is 1. The van der Waals surface area contributed by atoms with Crippen molar-refractivity contribution in [3.05, 3.63) is 52.2 Å². The molecule has 2 heterocycles. The molecule has 1 aromatic carbocycles. The molecule has 0 atom stereocenters. The summed E-state index contributed by atoms with van der Waals surface area (Å²) >= 11 is 0. The number of aryl methyl sites for hydroxylation is 1. The van der Waals surface area contributed by atoms with Crippen LogP contribution in [0.5, 0.6) is 5.75 Å². The number of anilines is 1. The molecule has 0 radical (unpaired) electrons. The van der Waals surface area contributed by atoms with Gasteiger partial charge in [0.15, 0.2) is 5.65 Å². The summed E-state index contributed by atoms with van der Waals surface area (Å²) in [5.41, 5.74) is 1.37. The third-order valence-electron chi connectivity index (χ3n) is 3.23. The molecule has 108 valence electrons. The van der Waals surface area contributed by atoms with Crippen molar-refractivity contribution in [3.8, 4) is 5.75 Å². The van der Waals surface area contributed by atoms with Gasteiger partial charge in [0.05, 0.1) is 0 Å². The Morgan fingerprint density at radius 3 is 2.86 bits per heavy atom. The fourth-order valence-corrected chi connectivity index (χ4v) is 2.19. The molecule has 0 fully saturated rings. The summed E-state index contributed by atoms with van der Waals surface area (Å²) in [6.07, 6.45) is 0.805. The first-order valence-corrected chi connectivity index (χ1v) is 6.60. The fraction of sp³-hybridized carbons (Fsp3) is 0.214. The van der Waals surface area contributed by atoms with E-state index in [1.807, 2.05) is 12.1 Å². The Labute approximate surface area is 120 Å². The smallest absolute Gasteiger partial charge is 0.349 e. The SMILES string of the molecule is Cc1nc(NCCc2ccc(O)cc2)cc2n[nH]c(=O)n12. The first kappa shape index (κ1) is 13.2. The zero-order valence-corrected chi connectivity index (χ0v) is 11.5. The van der Waals surface area contributed by atoms with E-state index >= 15 is 0 Å². The first-order valence-electron chi connectivity index (χ1n) is 6.60. The van der Waals surface area contributed by atoms with Crippen LogP contribution in [0.2, 0.25) is 0 Å². The number of H-pyrrole nitrogens is 1. The van der Waals surface area contributed by atoms with Crippen LogP contribution in [0, 0.1) is 6.92 Å². The zero-order chi connectivity index (χ0) is 14.8. The quantitative estimate of drug-likeness (QED) is 0.667. The Morgan fingerprint density at radius 1 is 1.33 bits per heavy atom. The molecule has 0 bridgehead atoms. The average Bonchev–Trinajstić information content (AvgIpc) is 2.83. The molecule has 7 nitrogen and oxygen atoms in total. The minimum Gasteiger partial charge on any atom is -0.508 e. The van der Waals surface area contributed by atoms with Gasteiger partial charge in [0, 0.05) is 12.6 Å². The highest BCUT2D eigenvalue weighted by Gasteiger charge is 2.06. The third-order valence-corrected chi connectivity index (χ3v) is 3.23. The molecule has 0 aliphatic heterocycles. The standard InChI is InChI=1S/C14H15N5O2/c1-9-16-12(8-13-17-18-14(21)19(9)13)15-7-6-10-2-4-11(20)5-3-10/h2-5,8,15,20H,6-7H2,1H3,(H,18,21). The van der Waals surface area contributed by atoms with E-state index in [4.69, 9.17) is 0 Å². The molecule has 0 unspecified atom stereocenters. The van der Waals surface area contributed by atoms with Gasteiger partial charge in [0.2, 0.25) is 0 Å². The number of nitrogens with one attached hydrogen (secondary N) is 2. The number of aromatic hydroxyl groups is 1. The Bertz CT molecular complexity index is 819. The van der Waals surface area contributed by atoms with Crippen LogP contribution >= 0.6 is 0 Å². The number of rotatable bonds is 4. The van der Waals surface area contributed by atoms with Crippen LogP contribution in [0.15, 0.2) is 35.1 Å². The molecule has 3 aromatic rings. The molecular weight excluding hydrogens is 270 g/mol. The highest BCUT2D eigenvalue weighted by molar-refractivity contribution is 5.49. The summed E-state index contributed by atoms with van der Waals surface area (Å²) in [5, 5.41) is 18.8. The van der Waals surface area contributed by atoms with Gasteiger partial charge in [-0.1, -0.05) is 12.1 Å². The van der Waals surface area contributed by atoms with E-state index in [0.717, 1.165) is 12.0 Å². The lowest BCUT2D eigenvalue weighted by molar-refractivity contribution is 0.475.